The highest BCUT2D eigenvalue weighted by atomic mass is 32.2. The minimum absolute atomic E-state index is 0.129. The summed E-state index contributed by atoms with van der Waals surface area (Å²) in [6, 6.07) is 8.62. The molecule has 0 aliphatic carbocycles. The molecule has 0 bridgehead atoms. The van der Waals surface area contributed by atoms with E-state index in [1.807, 2.05) is 17.8 Å². The Labute approximate surface area is 119 Å². The van der Waals surface area contributed by atoms with E-state index in [-0.39, 0.29) is 11.8 Å². The Bertz CT molecular complexity index is 517. The maximum atomic E-state index is 11.6. The molecule has 0 radical (unpaired) electrons. The third kappa shape index (κ3) is 4.21. The molecule has 19 heavy (non-hydrogen) atoms. The molecule has 0 amide bonds. The molecule has 6 heteroatoms. The van der Waals surface area contributed by atoms with E-state index < -0.39 is 10.0 Å². The van der Waals surface area contributed by atoms with Crippen LogP contribution in [0, 0.1) is 0 Å². The third-order valence-corrected chi connectivity index (χ3v) is 5.65. The Morgan fingerprint density at radius 2 is 2.16 bits per heavy atom. The van der Waals surface area contributed by atoms with Crippen LogP contribution in [0.5, 0.6) is 0 Å². The molecule has 4 nitrogen and oxygen atoms in total. The first-order valence-electron chi connectivity index (χ1n) is 6.48. The van der Waals surface area contributed by atoms with Crippen molar-refractivity contribution in [1.29, 1.82) is 0 Å². The van der Waals surface area contributed by atoms with Crippen molar-refractivity contribution in [3.8, 4) is 0 Å². The minimum atomic E-state index is -3.13. The lowest BCUT2D eigenvalue weighted by Crippen LogP contribution is -2.35. The second-order valence-electron chi connectivity index (χ2n) is 4.54. The summed E-state index contributed by atoms with van der Waals surface area (Å²) in [4.78, 5) is 0. The van der Waals surface area contributed by atoms with Crippen LogP contribution in [-0.4, -0.2) is 33.0 Å². The van der Waals surface area contributed by atoms with Crippen LogP contribution in [0.1, 0.15) is 24.1 Å². The molecule has 0 spiro atoms. The fourth-order valence-electron chi connectivity index (χ4n) is 2.21. The van der Waals surface area contributed by atoms with E-state index >= 15 is 0 Å². The van der Waals surface area contributed by atoms with E-state index in [0.717, 1.165) is 11.5 Å². The lowest BCUT2D eigenvalue weighted by atomic mass is 10.0. The summed E-state index contributed by atoms with van der Waals surface area (Å²) in [6.45, 7) is 2.72. The molecule has 0 fully saturated rings. The molecule has 1 aliphatic rings. The molecular formula is C13H20N2O2S2. The number of sulfonamides is 1. The average Bonchev–Trinajstić information content (AvgIpc) is 2.39. The second-order valence-corrected chi connectivity index (χ2v) is 7.49. The van der Waals surface area contributed by atoms with Gasteiger partial charge in [0, 0.05) is 30.6 Å². The fraction of sp³-hybridized carbons (Fsp3) is 0.538. The van der Waals surface area contributed by atoms with Gasteiger partial charge in [-0.3, -0.25) is 0 Å². The van der Waals surface area contributed by atoms with Crippen LogP contribution in [0.4, 0.5) is 0 Å². The van der Waals surface area contributed by atoms with Crippen LogP contribution in [0.2, 0.25) is 0 Å². The molecule has 0 saturated heterocycles. The largest absolute Gasteiger partial charge is 0.308 e. The van der Waals surface area contributed by atoms with Gasteiger partial charge in [-0.2, -0.15) is 11.8 Å². The average molecular weight is 300 g/mol. The minimum Gasteiger partial charge on any atom is -0.308 e. The standard InChI is InChI=1S/C13H20N2O2S2/c1-2-15-19(16,17)8-7-14-13-10-18-9-11-5-3-4-6-12(11)13/h3-6,13-15H,2,7-10H2,1H3. The first-order chi connectivity index (χ1) is 9.12. The monoisotopic (exact) mass is 300 g/mol. The van der Waals surface area contributed by atoms with Crippen LogP contribution in [0.25, 0.3) is 0 Å². The van der Waals surface area contributed by atoms with E-state index in [1.54, 1.807) is 6.92 Å². The molecule has 106 valence electrons. The summed E-state index contributed by atoms with van der Waals surface area (Å²) in [5, 5.41) is 3.35. The summed E-state index contributed by atoms with van der Waals surface area (Å²) in [7, 11) is -3.13. The van der Waals surface area contributed by atoms with Crippen LogP contribution in [0.3, 0.4) is 0 Å². The van der Waals surface area contributed by atoms with Crippen LogP contribution < -0.4 is 10.0 Å². The maximum absolute atomic E-state index is 11.6. The number of rotatable bonds is 6. The molecule has 1 aromatic rings. The van der Waals surface area contributed by atoms with Crippen LogP contribution in [0.15, 0.2) is 24.3 Å². The predicted octanol–water partition coefficient (Wildman–Crippen LogP) is 1.50. The van der Waals surface area contributed by atoms with Gasteiger partial charge in [0.25, 0.3) is 0 Å². The maximum Gasteiger partial charge on any atom is 0.212 e. The summed E-state index contributed by atoms with van der Waals surface area (Å²) in [6.07, 6.45) is 0. The Balaban J connectivity index is 1.91. The van der Waals surface area contributed by atoms with Crippen molar-refractivity contribution in [3.63, 3.8) is 0 Å². The quantitative estimate of drug-likeness (QED) is 0.836. The van der Waals surface area contributed by atoms with Gasteiger partial charge < -0.3 is 5.32 Å². The van der Waals surface area contributed by atoms with Gasteiger partial charge in [0.2, 0.25) is 10.0 Å². The first-order valence-corrected chi connectivity index (χ1v) is 9.29. The Morgan fingerprint density at radius 1 is 1.37 bits per heavy atom. The molecule has 1 heterocycles. The topological polar surface area (TPSA) is 58.2 Å². The van der Waals surface area contributed by atoms with E-state index in [2.05, 4.69) is 28.2 Å². The zero-order valence-electron chi connectivity index (χ0n) is 11.1. The van der Waals surface area contributed by atoms with Gasteiger partial charge in [0.15, 0.2) is 0 Å². The van der Waals surface area contributed by atoms with Gasteiger partial charge in [-0.05, 0) is 11.1 Å². The van der Waals surface area contributed by atoms with Crippen molar-refractivity contribution in [3.05, 3.63) is 35.4 Å². The summed E-state index contributed by atoms with van der Waals surface area (Å²) < 4.78 is 25.6. The van der Waals surface area contributed by atoms with Crippen molar-refractivity contribution in [2.45, 2.75) is 18.7 Å². The van der Waals surface area contributed by atoms with Crippen LogP contribution in [-0.2, 0) is 15.8 Å². The predicted molar refractivity (Wildman–Crippen MR) is 80.8 cm³/mol. The van der Waals surface area contributed by atoms with Crippen molar-refractivity contribution < 1.29 is 8.42 Å². The Morgan fingerprint density at radius 3 is 2.95 bits per heavy atom. The molecular weight excluding hydrogens is 280 g/mol. The summed E-state index contributed by atoms with van der Waals surface area (Å²) >= 11 is 1.89. The highest BCUT2D eigenvalue weighted by molar-refractivity contribution is 7.98. The third-order valence-electron chi connectivity index (χ3n) is 3.10. The smallest absolute Gasteiger partial charge is 0.212 e. The molecule has 1 aromatic carbocycles. The van der Waals surface area contributed by atoms with E-state index in [9.17, 15) is 8.42 Å². The zero-order valence-corrected chi connectivity index (χ0v) is 12.7. The molecule has 1 atom stereocenters. The SMILES string of the molecule is CCNS(=O)(=O)CCNC1CSCc2ccccc21. The number of benzene rings is 1. The highest BCUT2D eigenvalue weighted by Gasteiger charge is 2.20. The molecule has 1 aliphatic heterocycles. The zero-order chi connectivity index (χ0) is 13.7. The van der Waals surface area contributed by atoms with Crippen molar-refractivity contribution in [2.75, 3.05) is 24.6 Å². The lowest BCUT2D eigenvalue weighted by molar-refractivity contribution is 0.564. The number of nitrogens with one attached hydrogen (secondary N) is 2. The summed E-state index contributed by atoms with van der Waals surface area (Å²) in [5.41, 5.74) is 2.66. The van der Waals surface area contributed by atoms with Gasteiger partial charge in [0.1, 0.15) is 0 Å². The van der Waals surface area contributed by atoms with Crippen LogP contribution >= 0.6 is 11.8 Å². The first kappa shape index (κ1) is 14.8. The van der Waals surface area contributed by atoms with Crippen molar-refractivity contribution in [2.24, 2.45) is 0 Å². The normalized spacial score (nSPS) is 19.1. The van der Waals surface area contributed by atoms with E-state index in [4.69, 9.17) is 0 Å². The fourth-order valence-corrected chi connectivity index (χ4v) is 4.32. The van der Waals surface area contributed by atoms with E-state index in [1.165, 1.54) is 11.1 Å². The molecule has 1 unspecified atom stereocenters. The molecule has 0 aromatic heterocycles. The van der Waals surface area contributed by atoms with E-state index in [0.29, 0.717) is 13.1 Å². The highest BCUT2D eigenvalue weighted by Crippen LogP contribution is 2.31. The number of hydrogen-bond acceptors (Lipinski definition) is 4. The van der Waals surface area contributed by atoms with Crippen molar-refractivity contribution >= 4 is 21.8 Å². The van der Waals surface area contributed by atoms with Gasteiger partial charge in [-0.25, -0.2) is 13.1 Å². The number of fused-ring (bicyclic) bond motifs is 1. The second kappa shape index (κ2) is 6.74. The Hall–Kier alpha value is -0.560. The molecule has 2 rings (SSSR count). The number of thioether (sulfide) groups is 1. The molecule has 2 N–H and O–H groups in total. The van der Waals surface area contributed by atoms with Gasteiger partial charge in [0.05, 0.1) is 5.75 Å². The lowest BCUT2D eigenvalue weighted by Gasteiger charge is -2.26. The van der Waals surface area contributed by atoms with Crippen molar-refractivity contribution in [1.82, 2.24) is 10.0 Å². The molecule has 0 saturated carbocycles. The summed E-state index contributed by atoms with van der Waals surface area (Å²) in [5.74, 6) is 2.17. The van der Waals surface area contributed by atoms with Gasteiger partial charge in [-0.1, -0.05) is 31.2 Å². The van der Waals surface area contributed by atoms with Gasteiger partial charge >= 0.3 is 0 Å². The Kier molecular flexibility index (Phi) is 5.27. The van der Waals surface area contributed by atoms with Gasteiger partial charge in [-0.15, -0.1) is 0 Å². The number of hydrogen-bond donors (Lipinski definition) is 2.